The van der Waals surface area contributed by atoms with Gasteiger partial charge in [-0.2, -0.15) is 11.3 Å². The first-order valence-electron chi connectivity index (χ1n) is 6.53. The van der Waals surface area contributed by atoms with E-state index >= 15 is 0 Å². The average molecular weight is 309 g/mol. The van der Waals surface area contributed by atoms with Crippen LogP contribution >= 0.6 is 22.9 Å². The lowest BCUT2D eigenvalue weighted by Gasteiger charge is -2.17. The molecule has 0 aliphatic rings. The third-order valence-electron chi connectivity index (χ3n) is 2.95. The van der Waals surface area contributed by atoms with Crippen LogP contribution in [0.25, 0.3) is 0 Å². The molecule has 2 heterocycles. The van der Waals surface area contributed by atoms with Gasteiger partial charge in [-0.25, -0.2) is 4.98 Å². The number of nitrogens with zero attached hydrogens (tertiary/aromatic N) is 2. The van der Waals surface area contributed by atoms with E-state index in [2.05, 4.69) is 11.9 Å². The Labute approximate surface area is 128 Å². The number of carbonyl (C=O) groups is 1. The predicted octanol–water partition coefficient (Wildman–Crippen LogP) is 4.02. The maximum Gasteiger partial charge on any atom is 0.254 e. The summed E-state index contributed by atoms with van der Waals surface area (Å²) in [5, 5.41) is 4.44. The summed E-state index contributed by atoms with van der Waals surface area (Å²) in [6, 6.07) is 5.49. The zero-order valence-electron chi connectivity index (χ0n) is 11.6. The predicted molar refractivity (Wildman–Crippen MR) is 83.4 cm³/mol. The number of thiophene rings is 1. The minimum Gasteiger partial charge on any atom is -0.337 e. The Hall–Kier alpha value is -1.39. The zero-order chi connectivity index (χ0) is 14.5. The second-order valence-corrected chi connectivity index (χ2v) is 5.88. The molecule has 1 amide bonds. The molecule has 0 saturated heterocycles. The Kier molecular flexibility index (Phi) is 5.15. The van der Waals surface area contributed by atoms with Crippen molar-refractivity contribution in [1.82, 2.24) is 9.88 Å². The molecule has 0 spiro atoms. The molecule has 0 radical (unpaired) electrons. The fourth-order valence-corrected chi connectivity index (χ4v) is 2.89. The van der Waals surface area contributed by atoms with Crippen molar-refractivity contribution in [2.24, 2.45) is 0 Å². The van der Waals surface area contributed by atoms with Gasteiger partial charge >= 0.3 is 0 Å². The van der Waals surface area contributed by atoms with Crippen molar-refractivity contribution < 1.29 is 4.79 Å². The van der Waals surface area contributed by atoms with Crippen LogP contribution in [-0.4, -0.2) is 22.8 Å². The first-order chi connectivity index (χ1) is 9.60. The van der Waals surface area contributed by atoms with Crippen molar-refractivity contribution in [2.75, 3.05) is 7.05 Å². The standard InChI is InChI=1S/C15H17ClN2OS/c1-3-4-13-7-12(8-14(16)17-13)15(19)18(2)9-11-5-6-20-10-11/h5-8,10H,3-4,9H2,1-2H3. The summed E-state index contributed by atoms with van der Waals surface area (Å²) < 4.78 is 0. The van der Waals surface area contributed by atoms with Crippen LogP contribution in [0.3, 0.4) is 0 Å². The van der Waals surface area contributed by atoms with Crippen molar-refractivity contribution >= 4 is 28.8 Å². The molecule has 0 unspecified atom stereocenters. The molecule has 5 heteroatoms. The topological polar surface area (TPSA) is 33.2 Å². The summed E-state index contributed by atoms with van der Waals surface area (Å²) in [7, 11) is 1.80. The molecule has 0 aliphatic heterocycles. The Morgan fingerprint density at radius 1 is 1.45 bits per heavy atom. The smallest absolute Gasteiger partial charge is 0.254 e. The minimum absolute atomic E-state index is 0.0298. The van der Waals surface area contributed by atoms with E-state index < -0.39 is 0 Å². The fourth-order valence-electron chi connectivity index (χ4n) is 2.01. The highest BCUT2D eigenvalue weighted by atomic mass is 35.5. The summed E-state index contributed by atoms with van der Waals surface area (Å²) in [5.41, 5.74) is 2.61. The Morgan fingerprint density at radius 2 is 2.25 bits per heavy atom. The normalized spacial score (nSPS) is 10.6. The van der Waals surface area contributed by atoms with Crippen molar-refractivity contribution in [3.05, 3.63) is 50.9 Å². The van der Waals surface area contributed by atoms with E-state index in [4.69, 9.17) is 11.6 Å². The van der Waals surface area contributed by atoms with E-state index in [1.54, 1.807) is 29.4 Å². The van der Waals surface area contributed by atoms with Crippen molar-refractivity contribution in [2.45, 2.75) is 26.3 Å². The Bertz CT molecular complexity index is 584. The molecule has 0 aliphatic carbocycles. The number of aryl methyl sites for hydroxylation is 1. The molecule has 20 heavy (non-hydrogen) atoms. The highest BCUT2D eigenvalue weighted by Crippen LogP contribution is 2.16. The van der Waals surface area contributed by atoms with E-state index in [1.807, 2.05) is 22.9 Å². The van der Waals surface area contributed by atoms with Crippen LogP contribution in [0.5, 0.6) is 0 Å². The molecular weight excluding hydrogens is 292 g/mol. The van der Waals surface area contributed by atoms with Crippen LogP contribution in [0.4, 0.5) is 0 Å². The molecule has 2 rings (SSSR count). The Morgan fingerprint density at radius 3 is 2.90 bits per heavy atom. The fraction of sp³-hybridized carbons (Fsp3) is 0.333. The molecule has 0 atom stereocenters. The number of carbonyl (C=O) groups excluding carboxylic acids is 1. The number of amides is 1. The van der Waals surface area contributed by atoms with Gasteiger partial charge in [-0.1, -0.05) is 24.9 Å². The van der Waals surface area contributed by atoms with Crippen LogP contribution in [0, 0.1) is 0 Å². The van der Waals surface area contributed by atoms with Gasteiger partial charge in [0, 0.05) is 24.8 Å². The highest BCUT2D eigenvalue weighted by Gasteiger charge is 2.14. The summed E-state index contributed by atoms with van der Waals surface area (Å²) in [6.07, 6.45) is 1.81. The van der Waals surface area contributed by atoms with E-state index in [0.29, 0.717) is 17.3 Å². The number of aromatic nitrogens is 1. The zero-order valence-corrected chi connectivity index (χ0v) is 13.2. The Balaban J connectivity index is 2.15. The second kappa shape index (κ2) is 6.86. The van der Waals surface area contributed by atoms with Crippen LogP contribution in [0.15, 0.2) is 29.0 Å². The molecule has 0 saturated carbocycles. The van der Waals surface area contributed by atoms with Gasteiger partial charge in [0.25, 0.3) is 5.91 Å². The van der Waals surface area contributed by atoms with Gasteiger partial charge in [-0.05, 0) is 40.9 Å². The minimum atomic E-state index is -0.0298. The first kappa shape index (κ1) is 15.0. The number of pyridine rings is 1. The van der Waals surface area contributed by atoms with E-state index in [9.17, 15) is 4.79 Å². The van der Waals surface area contributed by atoms with E-state index in [0.717, 1.165) is 24.1 Å². The summed E-state index contributed by atoms with van der Waals surface area (Å²) >= 11 is 7.63. The first-order valence-corrected chi connectivity index (χ1v) is 7.85. The quantitative estimate of drug-likeness (QED) is 0.782. The van der Waals surface area contributed by atoms with Gasteiger partial charge in [-0.3, -0.25) is 4.79 Å². The van der Waals surface area contributed by atoms with Gasteiger partial charge in [0.1, 0.15) is 5.15 Å². The monoisotopic (exact) mass is 308 g/mol. The molecule has 0 aromatic carbocycles. The summed E-state index contributed by atoms with van der Waals surface area (Å²) in [6.45, 7) is 2.68. The lowest BCUT2D eigenvalue weighted by molar-refractivity contribution is 0.0785. The maximum absolute atomic E-state index is 12.4. The van der Waals surface area contributed by atoms with Crippen LogP contribution in [0.2, 0.25) is 5.15 Å². The van der Waals surface area contributed by atoms with Crippen LogP contribution in [0.1, 0.15) is 35.0 Å². The average Bonchev–Trinajstić information content (AvgIpc) is 2.90. The van der Waals surface area contributed by atoms with Crippen LogP contribution < -0.4 is 0 Å². The molecule has 3 nitrogen and oxygen atoms in total. The van der Waals surface area contributed by atoms with Crippen LogP contribution in [-0.2, 0) is 13.0 Å². The van der Waals surface area contributed by atoms with Crippen molar-refractivity contribution in [1.29, 1.82) is 0 Å². The SMILES string of the molecule is CCCc1cc(C(=O)N(C)Cc2ccsc2)cc(Cl)n1. The number of rotatable bonds is 5. The molecule has 0 fully saturated rings. The largest absolute Gasteiger partial charge is 0.337 e. The summed E-state index contributed by atoms with van der Waals surface area (Å²) in [5.74, 6) is -0.0298. The third kappa shape index (κ3) is 3.81. The number of hydrogen-bond donors (Lipinski definition) is 0. The molecule has 0 N–H and O–H groups in total. The van der Waals surface area contributed by atoms with Crippen molar-refractivity contribution in [3.63, 3.8) is 0 Å². The summed E-state index contributed by atoms with van der Waals surface area (Å²) in [4.78, 5) is 18.4. The lowest BCUT2D eigenvalue weighted by atomic mass is 10.1. The maximum atomic E-state index is 12.4. The molecule has 2 aromatic heterocycles. The second-order valence-electron chi connectivity index (χ2n) is 4.71. The molecule has 0 bridgehead atoms. The van der Waals surface area contributed by atoms with Gasteiger partial charge in [0.05, 0.1) is 0 Å². The molecular formula is C15H17ClN2OS. The van der Waals surface area contributed by atoms with Gasteiger partial charge < -0.3 is 4.90 Å². The van der Waals surface area contributed by atoms with Gasteiger partial charge in [0.15, 0.2) is 0 Å². The molecule has 2 aromatic rings. The van der Waals surface area contributed by atoms with E-state index in [-0.39, 0.29) is 5.91 Å². The number of halogens is 1. The van der Waals surface area contributed by atoms with Gasteiger partial charge in [0.2, 0.25) is 0 Å². The van der Waals surface area contributed by atoms with Crippen molar-refractivity contribution in [3.8, 4) is 0 Å². The highest BCUT2D eigenvalue weighted by molar-refractivity contribution is 7.07. The van der Waals surface area contributed by atoms with Gasteiger partial charge in [-0.15, -0.1) is 0 Å². The third-order valence-corrected chi connectivity index (χ3v) is 3.87. The molecule has 106 valence electrons. The lowest BCUT2D eigenvalue weighted by Crippen LogP contribution is -2.26. The number of hydrogen-bond acceptors (Lipinski definition) is 3. The van der Waals surface area contributed by atoms with E-state index in [1.165, 1.54) is 0 Å².